The number of nitrogens with one attached hydrogen (secondary N) is 3. The zero-order valence-corrected chi connectivity index (χ0v) is 12.4. The summed E-state index contributed by atoms with van der Waals surface area (Å²) in [5, 5.41) is 6.07. The SMILES string of the molecule is CC(C)(C)NCCC(=O)Nc1nc(Cl)c2[nH]cnc2n1. The molecule has 2 aromatic heterocycles. The molecule has 3 N–H and O–H groups in total. The summed E-state index contributed by atoms with van der Waals surface area (Å²) in [6.45, 7) is 6.70. The number of hydrogen-bond donors (Lipinski definition) is 3. The maximum absolute atomic E-state index is 11.8. The third-order valence-corrected chi connectivity index (χ3v) is 2.77. The monoisotopic (exact) mass is 296 g/mol. The standard InChI is InChI=1S/C12H17ClN6O/c1-12(2,3)16-5-4-7(20)17-11-18-9(13)8-10(19-11)15-6-14-8/h6,16H,4-5H2,1-3H3,(H2,14,15,17,18,19,20). The van der Waals surface area contributed by atoms with Gasteiger partial charge in [0, 0.05) is 18.5 Å². The van der Waals surface area contributed by atoms with Crippen molar-refractivity contribution in [3.05, 3.63) is 11.5 Å². The van der Waals surface area contributed by atoms with E-state index in [-0.39, 0.29) is 22.5 Å². The Kier molecular flexibility index (Phi) is 4.20. The fourth-order valence-electron chi connectivity index (χ4n) is 1.59. The number of carbonyl (C=O) groups is 1. The molecule has 1 amide bonds. The summed E-state index contributed by atoms with van der Waals surface area (Å²) >= 11 is 5.97. The Labute approximate surface area is 121 Å². The van der Waals surface area contributed by atoms with Gasteiger partial charge in [0.25, 0.3) is 0 Å². The van der Waals surface area contributed by atoms with Crippen LogP contribution in [0, 0.1) is 0 Å². The van der Waals surface area contributed by atoms with E-state index >= 15 is 0 Å². The van der Waals surface area contributed by atoms with E-state index in [1.165, 1.54) is 6.33 Å². The first-order valence-electron chi connectivity index (χ1n) is 6.27. The molecular weight excluding hydrogens is 280 g/mol. The minimum absolute atomic E-state index is 0.0198. The molecule has 108 valence electrons. The lowest BCUT2D eigenvalue weighted by Crippen LogP contribution is -2.37. The molecule has 0 atom stereocenters. The third kappa shape index (κ3) is 3.88. The first-order valence-corrected chi connectivity index (χ1v) is 6.64. The largest absolute Gasteiger partial charge is 0.341 e. The average Bonchev–Trinajstić information content (AvgIpc) is 2.75. The summed E-state index contributed by atoms with van der Waals surface area (Å²) in [5.41, 5.74) is 0.959. The van der Waals surface area contributed by atoms with E-state index in [1.54, 1.807) is 0 Å². The van der Waals surface area contributed by atoms with E-state index in [9.17, 15) is 4.79 Å². The van der Waals surface area contributed by atoms with E-state index in [2.05, 4.69) is 30.6 Å². The van der Waals surface area contributed by atoms with Crippen molar-refractivity contribution < 1.29 is 4.79 Å². The summed E-state index contributed by atoms with van der Waals surface area (Å²) < 4.78 is 0. The first kappa shape index (κ1) is 14.7. The van der Waals surface area contributed by atoms with Crippen molar-refractivity contribution in [1.29, 1.82) is 0 Å². The van der Waals surface area contributed by atoms with Crippen LogP contribution in [0.1, 0.15) is 27.2 Å². The molecule has 0 saturated heterocycles. The fourth-order valence-corrected chi connectivity index (χ4v) is 1.81. The smallest absolute Gasteiger partial charge is 0.233 e. The highest BCUT2D eigenvalue weighted by Gasteiger charge is 2.12. The number of hydrogen-bond acceptors (Lipinski definition) is 5. The van der Waals surface area contributed by atoms with Crippen LogP contribution in [-0.4, -0.2) is 37.9 Å². The van der Waals surface area contributed by atoms with Crippen molar-refractivity contribution in [2.75, 3.05) is 11.9 Å². The highest BCUT2D eigenvalue weighted by molar-refractivity contribution is 6.33. The molecule has 8 heteroatoms. The third-order valence-electron chi connectivity index (χ3n) is 2.50. The lowest BCUT2D eigenvalue weighted by atomic mass is 10.1. The van der Waals surface area contributed by atoms with Crippen LogP contribution >= 0.6 is 11.6 Å². The molecule has 0 aliphatic carbocycles. The molecule has 0 aliphatic heterocycles. The van der Waals surface area contributed by atoms with Crippen molar-refractivity contribution in [2.45, 2.75) is 32.7 Å². The second-order valence-electron chi connectivity index (χ2n) is 5.41. The van der Waals surface area contributed by atoms with Crippen molar-refractivity contribution >= 4 is 34.6 Å². The fraction of sp³-hybridized carbons (Fsp3) is 0.500. The quantitative estimate of drug-likeness (QED) is 0.747. The second kappa shape index (κ2) is 5.72. The van der Waals surface area contributed by atoms with Crippen LogP contribution in [0.2, 0.25) is 5.15 Å². The molecule has 0 aliphatic rings. The molecule has 0 fully saturated rings. The normalized spacial score (nSPS) is 11.8. The van der Waals surface area contributed by atoms with Crippen LogP contribution in [-0.2, 0) is 4.79 Å². The van der Waals surface area contributed by atoms with Gasteiger partial charge in [-0.05, 0) is 20.8 Å². The summed E-state index contributed by atoms with van der Waals surface area (Å²) in [5.74, 6) is -0.0111. The Hall–Kier alpha value is -1.73. The van der Waals surface area contributed by atoms with E-state index in [0.717, 1.165) is 0 Å². The zero-order chi connectivity index (χ0) is 14.8. The van der Waals surface area contributed by atoms with Gasteiger partial charge < -0.3 is 10.3 Å². The average molecular weight is 297 g/mol. The van der Waals surface area contributed by atoms with E-state index in [4.69, 9.17) is 11.6 Å². The second-order valence-corrected chi connectivity index (χ2v) is 5.77. The summed E-state index contributed by atoms with van der Waals surface area (Å²) in [7, 11) is 0. The minimum atomic E-state index is -0.173. The van der Waals surface area contributed by atoms with Gasteiger partial charge in [0.15, 0.2) is 10.8 Å². The Morgan fingerprint density at radius 1 is 1.40 bits per heavy atom. The number of anilines is 1. The molecule has 0 radical (unpaired) electrons. The molecular formula is C12H17ClN6O. The van der Waals surface area contributed by atoms with Crippen LogP contribution in [0.4, 0.5) is 5.95 Å². The first-order chi connectivity index (χ1) is 9.35. The topological polar surface area (TPSA) is 95.6 Å². The highest BCUT2D eigenvalue weighted by atomic mass is 35.5. The molecule has 0 saturated carbocycles. The molecule has 0 unspecified atom stereocenters. The summed E-state index contributed by atoms with van der Waals surface area (Å²) in [6, 6.07) is 0. The van der Waals surface area contributed by atoms with Gasteiger partial charge in [-0.3, -0.25) is 10.1 Å². The number of H-pyrrole nitrogens is 1. The van der Waals surface area contributed by atoms with Gasteiger partial charge in [-0.1, -0.05) is 11.6 Å². The van der Waals surface area contributed by atoms with Crippen molar-refractivity contribution in [3.63, 3.8) is 0 Å². The van der Waals surface area contributed by atoms with Gasteiger partial charge in [0.1, 0.15) is 5.52 Å². The van der Waals surface area contributed by atoms with Crippen LogP contribution in [0.15, 0.2) is 6.33 Å². The molecule has 7 nitrogen and oxygen atoms in total. The number of fused-ring (bicyclic) bond motifs is 1. The van der Waals surface area contributed by atoms with Gasteiger partial charge in [-0.15, -0.1) is 0 Å². The predicted octanol–water partition coefficient (Wildman–Crippen LogP) is 1.72. The maximum Gasteiger partial charge on any atom is 0.233 e. The van der Waals surface area contributed by atoms with Gasteiger partial charge in [-0.2, -0.15) is 9.97 Å². The van der Waals surface area contributed by atoms with Crippen LogP contribution < -0.4 is 10.6 Å². The lowest BCUT2D eigenvalue weighted by molar-refractivity contribution is -0.116. The van der Waals surface area contributed by atoms with Crippen LogP contribution in [0.3, 0.4) is 0 Å². The predicted molar refractivity (Wildman–Crippen MR) is 77.7 cm³/mol. The Morgan fingerprint density at radius 3 is 2.85 bits per heavy atom. The number of nitrogens with zero attached hydrogens (tertiary/aromatic N) is 3. The highest BCUT2D eigenvalue weighted by Crippen LogP contribution is 2.18. The Balaban J connectivity index is 1.96. The van der Waals surface area contributed by atoms with Crippen molar-refractivity contribution in [3.8, 4) is 0 Å². The summed E-state index contributed by atoms with van der Waals surface area (Å²) in [6.07, 6.45) is 1.81. The van der Waals surface area contributed by atoms with Crippen molar-refractivity contribution in [2.24, 2.45) is 0 Å². The Bertz CT molecular complexity index is 618. The molecule has 20 heavy (non-hydrogen) atoms. The van der Waals surface area contributed by atoms with Crippen molar-refractivity contribution in [1.82, 2.24) is 25.3 Å². The van der Waals surface area contributed by atoms with Gasteiger partial charge in [0.2, 0.25) is 11.9 Å². The number of rotatable bonds is 4. The maximum atomic E-state index is 11.8. The molecule has 0 bridgehead atoms. The molecule has 0 aromatic carbocycles. The van der Waals surface area contributed by atoms with E-state index in [1.807, 2.05) is 20.8 Å². The number of aromatic amines is 1. The van der Waals surface area contributed by atoms with Gasteiger partial charge >= 0.3 is 0 Å². The Morgan fingerprint density at radius 2 is 2.15 bits per heavy atom. The lowest BCUT2D eigenvalue weighted by Gasteiger charge is -2.20. The zero-order valence-electron chi connectivity index (χ0n) is 11.6. The van der Waals surface area contributed by atoms with Gasteiger partial charge in [0.05, 0.1) is 6.33 Å². The number of carbonyl (C=O) groups excluding carboxylic acids is 1. The van der Waals surface area contributed by atoms with E-state index in [0.29, 0.717) is 24.1 Å². The van der Waals surface area contributed by atoms with Gasteiger partial charge in [-0.25, -0.2) is 4.98 Å². The minimum Gasteiger partial charge on any atom is -0.341 e. The van der Waals surface area contributed by atoms with E-state index < -0.39 is 0 Å². The summed E-state index contributed by atoms with van der Waals surface area (Å²) in [4.78, 5) is 26.7. The number of imidazole rings is 1. The number of aromatic nitrogens is 4. The van der Waals surface area contributed by atoms with Crippen LogP contribution in [0.25, 0.3) is 11.2 Å². The van der Waals surface area contributed by atoms with Crippen LogP contribution in [0.5, 0.6) is 0 Å². The molecule has 0 spiro atoms. The molecule has 2 rings (SSSR count). The number of amides is 1. The molecule has 2 aromatic rings. The number of halogens is 1. The molecule has 2 heterocycles.